The number of aryl methyl sites for hydroxylation is 1. The van der Waals surface area contributed by atoms with Gasteiger partial charge in [0, 0.05) is 24.6 Å². The molecule has 0 bridgehead atoms. The van der Waals surface area contributed by atoms with Crippen molar-refractivity contribution in [3.8, 4) is 28.6 Å². The van der Waals surface area contributed by atoms with Crippen LogP contribution in [0.2, 0.25) is 0 Å². The van der Waals surface area contributed by atoms with Crippen LogP contribution in [0.1, 0.15) is 16.2 Å². The van der Waals surface area contributed by atoms with Gasteiger partial charge in [0.15, 0.2) is 0 Å². The highest BCUT2D eigenvalue weighted by molar-refractivity contribution is 6.00. The highest BCUT2D eigenvalue weighted by Crippen LogP contribution is 2.34. The smallest absolute Gasteiger partial charge is 0.405 e. The molecule has 2 aromatic carbocycles. The number of amides is 1. The molecule has 0 unspecified atom stereocenters. The molecule has 12 heteroatoms. The van der Waals surface area contributed by atoms with Crippen molar-refractivity contribution in [2.45, 2.75) is 13.1 Å². The summed E-state index contributed by atoms with van der Waals surface area (Å²) in [6, 6.07) is 8.41. The van der Waals surface area contributed by atoms with E-state index in [0.29, 0.717) is 34.1 Å². The number of carbonyl (C=O) groups excluding carboxylic acids is 1. The van der Waals surface area contributed by atoms with Crippen LogP contribution in [0.4, 0.5) is 13.2 Å². The highest BCUT2D eigenvalue weighted by Gasteiger charge is 2.30. The van der Waals surface area contributed by atoms with Gasteiger partial charge in [-0.15, -0.1) is 10.2 Å². The van der Waals surface area contributed by atoms with Crippen LogP contribution in [0.3, 0.4) is 0 Å². The molecule has 0 aliphatic carbocycles. The van der Waals surface area contributed by atoms with Crippen LogP contribution >= 0.6 is 0 Å². The molecule has 0 spiro atoms. The molecule has 0 aliphatic rings. The number of carbonyl (C=O) groups is 1. The lowest BCUT2D eigenvalue weighted by atomic mass is 10.1. The molecule has 1 amide bonds. The molecule has 0 atom stereocenters. The summed E-state index contributed by atoms with van der Waals surface area (Å²) in [4.78, 5) is 16.8. The number of nitrogens with one attached hydrogen (secondary N) is 1. The Morgan fingerprint density at radius 3 is 2.39 bits per heavy atom. The number of hydrogen-bond donors (Lipinski definition) is 1. The van der Waals surface area contributed by atoms with Crippen molar-refractivity contribution < 1.29 is 31.9 Å². The summed E-state index contributed by atoms with van der Waals surface area (Å²) in [5.74, 6) is -0.0779. The fraction of sp³-hybridized carbons (Fsp3) is 0.238. The lowest BCUT2D eigenvalue weighted by Crippen LogP contribution is -2.34. The van der Waals surface area contributed by atoms with Crippen molar-refractivity contribution >= 4 is 16.9 Å². The number of imidazole rings is 1. The van der Waals surface area contributed by atoms with Gasteiger partial charge in [-0.05, 0) is 18.2 Å². The average molecular weight is 461 g/mol. The second-order valence-electron chi connectivity index (χ2n) is 6.97. The number of fused-ring (bicyclic) bond motifs is 1. The normalized spacial score (nSPS) is 11.6. The molecule has 0 saturated carbocycles. The number of ether oxygens (including phenoxy) is 2. The molecule has 4 aromatic rings. The summed E-state index contributed by atoms with van der Waals surface area (Å²) in [7, 11) is 2.62. The van der Waals surface area contributed by atoms with Crippen molar-refractivity contribution in [2.24, 2.45) is 0 Å². The van der Waals surface area contributed by atoms with Crippen LogP contribution in [0, 0.1) is 6.92 Å². The summed E-state index contributed by atoms with van der Waals surface area (Å²) in [6.45, 7) is 0.214. The Morgan fingerprint density at radius 1 is 1.12 bits per heavy atom. The van der Waals surface area contributed by atoms with Crippen LogP contribution in [0.25, 0.3) is 28.2 Å². The first-order valence-electron chi connectivity index (χ1n) is 9.59. The summed E-state index contributed by atoms with van der Waals surface area (Å²) < 4.78 is 55.3. The third-order valence-electron chi connectivity index (χ3n) is 4.77. The number of alkyl halides is 3. The Hall–Kier alpha value is -4.09. The van der Waals surface area contributed by atoms with Crippen LogP contribution in [-0.4, -0.2) is 52.6 Å². The van der Waals surface area contributed by atoms with E-state index in [-0.39, 0.29) is 17.1 Å². The number of halogens is 3. The summed E-state index contributed by atoms with van der Waals surface area (Å²) in [5, 5.41) is 9.65. The molecule has 33 heavy (non-hydrogen) atoms. The van der Waals surface area contributed by atoms with Gasteiger partial charge in [-0.25, -0.2) is 4.98 Å². The molecule has 4 rings (SSSR count). The van der Waals surface area contributed by atoms with Gasteiger partial charge in [0.1, 0.15) is 29.9 Å². The summed E-state index contributed by atoms with van der Waals surface area (Å²) >= 11 is 0. The van der Waals surface area contributed by atoms with E-state index in [4.69, 9.17) is 13.9 Å². The number of methoxy groups -OCH3 is 2. The van der Waals surface area contributed by atoms with E-state index in [1.54, 1.807) is 36.0 Å². The highest BCUT2D eigenvalue weighted by atomic mass is 19.4. The van der Waals surface area contributed by atoms with Gasteiger partial charge in [-0.2, -0.15) is 13.2 Å². The number of rotatable bonds is 6. The van der Waals surface area contributed by atoms with Crippen LogP contribution in [0.15, 0.2) is 41.1 Å². The van der Waals surface area contributed by atoms with Gasteiger partial charge in [-0.3, -0.25) is 9.36 Å². The van der Waals surface area contributed by atoms with Gasteiger partial charge in [0.05, 0.1) is 30.9 Å². The predicted molar refractivity (Wildman–Crippen MR) is 111 cm³/mol. The Morgan fingerprint density at radius 2 is 1.82 bits per heavy atom. The number of benzene rings is 2. The predicted octanol–water partition coefficient (Wildman–Crippen LogP) is 3.69. The minimum atomic E-state index is -4.55. The largest absolute Gasteiger partial charge is 0.496 e. The zero-order chi connectivity index (χ0) is 23.8. The maximum absolute atomic E-state index is 12.5. The minimum absolute atomic E-state index is 0.0452. The second-order valence-corrected chi connectivity index (χ2v) is 6.97. The molecule has 1 N–H and O–H groups in total. The maximum atomic E-state index is 12.5. The fourth-order valence-corrected chi connectivity index (χ4v) is 3.29. The van der Waals surface area contributed by atoms with Crippen molar-refractivity contribution in [1.29, 1.82) is 0 Å². The fourth-order valence-electron chi connectivity index (χ4n) is 3.29. The molecule has 0 saturated heterocycles. The number of hydrogen-bond acceptors (Lipinski definition) is 7. The Balaban J connectivity index is 1.74. The zero-order valence-electron chi connectivity index (χ0n) is 17.7. The van der Waals surface area contributed by atoms with Gasteiger partial charge in [-0.1, -0.05) is 0 Å². The van der Waals surface area contributed by atoms with Gasteiger partial charge < -0.3 is 19.2 Å². The monoisotopic (exact) mass is 461 g/mol. The molecule has 172 valence electrons. The Bertz CT molecular complexity index is 1300. The molecule has 9 nitrogen and oxygen atoms in total. The average Bonchev–Trinajstić information content (AvgIpc) is 3.41. The van der Waals surface area contributed by atoms with Crippen molar-refractivity contribution in [2.75, 3.05) is 20.8 Å². The topological polar surface area (TPSA) is 104 Å². The van der Waals surface area contributed by atoms with E-state index < -0.39 is 18.6 Å². The standard InChI is InChI=1S/C21H18F3N5O4/c1-11-27-28-20(33-11)12-4-5-15-14(6-12)26-10-29(15)13-7-16(31-2)18(17(8-13)32-3)19(30)25-9-21(22,23)24/h4-8,10H,9H2,1-3H3,(H,25,30). The van der Waals surface area contributed by atoms with E-state index in [9.17, 15) is 18.0 Å². The van der Waals surface area contributed by atoms with E-state index in [2.05, 4.69) is 15.2 Å². The number of aromatic nitrogens is 4. The van der Waals surface area contributed by atoms with Crippen molar-refractivity contribution in [1.82, 2.24) is 25.1 Å². The van der Waals surface area contributed by atoms with Gasteiger partial charge in [0.2, 0.25) is 11.8 Å². The van der Waals surface area contributed by atoms with Crippen LogP contribution < -0.4 is 14.8 Å². The third kappa shape index (κ3) is 4.45. The van der Waals surface area contributed by atoms with Crippen molar-refractivity contribution in [3.63, 3.8) is 0 Å². The van der Waals surface area contributed by atoms with E-state index in [1.807, 2.05) is 5.32 Å². The SMILES string of the molecule is COc1cc(-n2cnc3cc(-c4nnc(C)o4)ccc32)cc(OC)c1C(=O)NCC(F)(F)F. The maximum Gasteiger partial charge on any atom is 0.405 e. The molecular weight excluding hydrogens is 443 g/mol. The lowest BCUT2D eigenvalue weighted by molar-refractivity contribution is -0.123. The Kier molecular flexibility index (Phi) is 5.66. The lowest BCUT2D eigenvalue weighted by Gasteiger charge is -2.16. The summed E-state index contributed by atoms with van der Waals surface area (Å²) in [5.41, 5.74) is 2.42. The van der Waals surface area contributed by atoms with Crippen LogP contribution in [-0.2, 0) is 0 Å². The first-order chi connectivity index (χ1) is 15.7. The quantitative estimate of drug-likeness (QED) is 0.467. The van der Waals surface area contributed by atoms with E-state index >= 15 is 0 Å². The molecular formula is C21H18F3N5O4. The Labute approximate surface area is 185 Å². The van der Waals surface area contributed by atoms with E-state index in [0.717, 1.165) is 0 Å². The molecule has 0 aliphatic heterocycles. The van der Waals surface area contributed by atoms with Gasteiger partial charge in [0.25, 0.3) is 5.91 Å². The van der Waals surface area contributed by atoms with Crippen molar-refractivity contribution in [3.05, 3.63) is 48.1 Å². The summed E-state index contributed by atoms with van der Waals surface area (Å²) in [6.07, 6.45) is -2.99. The first-order valence-corrected chi connectivity index (χ1v) is 9.59. The van der Waals surface area contributed by atoms with Crippen LogP contribution in [0.5, 0.6) is 11.5 Å². The van der Waals surface area contributed by atoms with E-state index in [1.165, 1.54) is 26.4 Å². The number of nitrogens with zero attached hydrogens (tertiary/aromatic N) is 4. The minimum Gasteiger partial charge on any atom is -0.496 e. The molecule has 0 fully saturated rings. The molecule has 2 aromatic heterocycles. The second kappa shape index (κ2) is 8.45. The zero-order valence-corrected chi connectivity index (χ0v) is 17.7. The molecule has 0 radical (unpaired) electrons. The molecule has 2 heterocycles. The first kappa shape index (κ1) is 22.1. The third-order valence-corrected chi connectivity index (χ3v) is 4.77. The van der Waals surface area contributed by atoms with Gasteiger partial charge >= 0.3 is 6.18 Å².